The summed E-state index contributed by atoms with van der Waals surface area (Å²) in [6, 6.07) is 5.94. The quantitative estimate of drug-likeness (QED) is 0.783. The van der Waals surface area contributed by atoms with Gasteiger partial charge >= 0.3 is 0 Å². The summed E-state index contributed by atoms with van der Waals surface area (Å²) in [5.41, 5.74) is 1.22. The maximum atomic E-state index is 6.08. The van der Waals surface area contributed by atoms with Crippen molar-refractivity contribution < 1.29 is 4.74 Å². The lowest BCUT2D eigenvalue weighted by molar-refractivity contribution is 0.288. The van der Waals surface area contributed by atoms with Gasteiger partial charge in [0.1, 0.15) is 5.75 Å². The van der Waals surface area contributed by atoms with Crippen molar-refractivity contribution in [1.82, 2.24) is 4.90 Å². The van der Waals surface area contributed by atoms with E-state index in [1.807, 2.05) is 12.1 Å². The minimum absolute atomic E-state index is 0.679. The van der Waals surface area contributed by atoms with Crippen LogP contribution in [0.15, 0.2) is 18.2 Å². The number of rotatable bonds is 5. The molecular weight excluding hydrogens is 222 g/mol. The van der Waals surface area contributed by atoms with Crippen LogP contribution in [0.3, 0.4) is 0 Å². The number of methoxy groups -OCH3 is 1. The zero-order valence-corrected chi connectivity index (χ0v) is 11.2. The molecule has 0 saturated heterocycles. The summed E-state index contributed by atoms with van der Waals surface area (Å²) in [4.78, 5) is 2.29. The molecule has 0 amide bonds. The third-order valence-electron chi connectivity index (χ3n) is 2.35. The van der Waals surface area contributed by atoms with Crippen molar-refractivity contribution in [3.63, 3.8) is 0 Å². The summed E-state index contributed by atoms with van der Waals surface area (Å²) < 4.78 is 5.12. The molecule has 1 aromatic rings. The summed E-state index contributed by atoms with van der Waals surface area (Å²) >= 11 is 6.08. The third-order valence-corrected chi connectivity index (χ3v) is 2.64. The summed E-state index contributed by atoms with van der Waals surface area (Å²) in [6.45, 7) is 6.44. The van der Waals surface area contributed by atoms with Gasteiger partial charge in [-0.25, -0.2) is 0 Å². The highest BCUT2D eigenvalue weighted by molar-refractivity contribution is 6.32. The van der Waals surface area contributed by atoms with Gasteiger partial charge in [-0.05, 0) is 30.7 Å². The molecule has 0 heterocycles. The Balaban J connectivity index is 2.64. The van der Waals surface area contributed by atoms with E-state index in [4.69, 9.17) is 16.3 Å². The second-order valence-corrected chi connectivity index (χ2v) is 4.97. The highest BCUT2D eigenvalue weighted by Gasteiger charge is 2.05. The Bertz CT molecular complexity index is 339. The van der Waals surface area contributed by atoms with Crippen molar-refractivity contribution in [3.05, 3.63) is 28.8 Å². The van der Waals surface area contributed by atoms with Gasteiger partial charge in [0.25, 0.3) is 0 Å². The smallest absolute Gasteiger partial charge is 0.137 e. The fraction of sp³-hybridized carbons (Fsp3) is 0.538. The van der Waals surface area contributed by atoms with E-state index in [0.29, 0.717) is 10.9 Å². The monoisotopic (exact) mass is 241 g/mol. The first-order valence-corrected chi connectivity index (χ1v) is 5.91. The van der Waals surface area contributed by atoms with Crippen molar-refractivity contribution in [3.8, 4) is 5.75 Å². The van der Waals surface area contributed by atoms with E-state index < -0.39 is 0 Å². The van der Waals surface area contributed by atoms with Crippen LogP contribution in [0.5, 0.6) is 5.75 Å². The average molecular weight is 242 g/mol. The first-order chi connectivity index (χ1) is 7.52. The standard InChI is InChI=1S/C13H20ClNO/c1-10(2)8-15(3)9-11-5-6-13(16-4)12(14)7-11/h5-7,10H,8-9H2,1-4H3. The van der Waals surface area contributed by atoms with Gasteiger partial charge in [-0.15, -0.1) is 0 Å². The summed E-state index contributed by atoms with van der Waals surface area (Å²) in [5.74, 6) is 1.41. The van der Waals surface area contributed by atoms with Crippen LogP contribution >= 0.6 is 11.6 Å². The number of nitrogens with zero attached hydrogens (tertiary/aromatic N) is 1. The molecule has 0 aliphatic carbocycles. The average Bonchev–Trinajstić information content (AvgIpc) is 2.16. The van der Waals surface area contributed by atoms with Crippen molar-refractivity contribution >= 4 is 11.6 Å². The number of hydrogen-bond donors (Lipinski definition) is 0. The summed E-state index contributed by atoms with van der Waals surface area (Å²) in [6.07, 6.45) is 0. The van der Waals surface area contributed by atoms with Crippen LogP contribution < -0.4 is 4.74 Å². The van der Waals surface area contributed by atoms with E-state index in [1.165, 1.54) is 5.56 Å². The fourth-order valence-electron chi connectivity index (χ4n) is 1.81. The highest BCUT2D eigenvalue weighted by Crippen LogP contribution is 2.25. The molecule has 0 radical (unpaired) electrons. The predicted molar refractivity (Wildman–Crippen MR) is 69.2 cm³/mol. The number of halogens is 1. The normalized spacial score (nSPS) is 11.2. The number of ether oxygens (including phenoxy) is 1. The molecule has 0 aliphatic heterocycles. The van der Waals surface area contributed by atoms with Crippen LogP contribution in [0.25, 0.3) is 0 Å². The molecule has 0 aromatic heterocycles. The van der Waals surface area contributed by atoms with E-state index in [1.54, 1.807) is 7.11 Å². The Labute approximate surface area is 103 Å². The van der Waals surface area contributed by atoms with Crippen molar-refractivity contribution in [2.24, 2.45) is 5.92 Å². The molecule has 16 heavy (non-hydrogen) atoms. The lowest BCUT2D eigenvalue weighted by Gasteiger charge is -2.19. The van der Waals surface area contributed by atoms with Crippen LogP contribution in [0.1, 0.15) is 19.4 Å². The van der Waals surface area contributed by atoms with Crippen LogP contribution in [0.2, 0.25) is 5.02 Å². The molecule has 0 atom stereocenters. The molecule has 0 bridgehead atoms. The largest absolute Gasteiger partial charge is 0.495 e. The van der Waals surface area contributed by atoms with Crippen LogP contribution in [-0.2, 0) is 6.54 Å². The predicted octanol–water partition coefficient (Wildman–Crippen LogP) is 3.44. The van der Waals surface area contributed by atoms with Gasteiger partial charge in [0.2, 0.25) is 0 Å². The number of benzene rings is 1. The lowest BCUT2D eigenvalue weighted by Crippen LogP contribution is -2.22. The van der Waals surface area contributed by atoms with Gasteiger partial charge in [-0.2, -0.15) is 0 Å². The van der Waals surface area contributed by atoms with Crippen LogP contribution in [-0.4, -0.2) is 25.6 Å². The molecule has 2 nitrogen and oxygen atoms in total. The molecular formula is C13H20ClNO. The number of hydrogen-bond acceptors (Lipinski definition) is 2. The van der Waals surface area contributed by atoms with Gasteiger partial charge in [0.05, 0.1) is 12.1 Å². The minimum atomic E-state index is 0.679. The van der Waals surface area contributed by atoms with Gasteiger partial charge in [-0.3, -0.25) is 0 Å². The molecule has 1 rings (SSSR count). The van der Waals surface area contributed by atoms with Crippen LogP contribution in [0.4, 0.5) is 0 Å². The maximum absolute atomic E-state index is 6.08. The zero-order chi connectivity index (χ0) is 12.1. The topological polar surface area (TPSA) is 12.5 Å². The summed E-state index contributed by atoms with van der Waals surface area (Å²) in [7, 11) is 3.75. The molecule has 0 N–H and O–H groups in total. The molecule has 3 heteroatoms. The van der Waals surface area contributed by atoms with Crippen molar-refractivity contribution in [2.75, 3.05) is 20.7 Å². The lowest BCUT2D eigenvalue weighted by atomic mass is 10.1. The Morgan fingerprint density at radius 1 is 1.38 bits per heavy atom. The molecule has 0 aliphatic rings. The molecule has 0 spiro atoms. The minimum Gasteiger partial charge on any atom is -0.495 e. The van der Waals surface area contributed by atoms with E-state index in [2.05, 4.69) is 31.9 Å². The van der Waals surface area contributed by atoms with E-state index in [-0.39, 0.29) is 0 Å². The Kier molecular flexibility index (Phi) is 5.10. The van der Waals surface area contributed by atoms with Gasteiger partial charge in [0, 0.05) is 13.1 Å². The highest BCUT2D eigenvalue weighted by atomic mass is 35.5. The van der Waals surface area contributed by atoms with Crippen molar-refractivity contribution in [2.45, 2.75) is 20.4 Å². The van der Waals surface area contributed by atoms with E-state index in [0.717, 1.165) is 18.8 Å². The van der Waals surface area contributed by atoms with E-state index >= 15 is 0 Å². The first kappa shape index (κ1) is 13.3. The Morgan fingerprint density at radius 2 is 2.06 bits per heavy atom. The van der Waals surface area contributed by atoms with Crippen molar-refractivity contribution in [1.29, 1.82) is 0 Å². The Morgan fingerprint density at radius 3 is 2.56 bits per heavy atom. The Hall–Kier alpha value is -0.730. The van der Waals surface area contributed by atoms with E-state index in [9.17, 15) is 0 Å². The third kappa shape index (κ3) is 4.03. The van der Waals surface area contributed by atoms with Crippen LogP contribution in [0, 0.1) is 5.92 Å². The molecule has 0 fully saturated rings. The second-order valence-electron chi connectivity index (χ2n) is 4.56. The van der Waals surface area contributed by atoms with Gasteiger partial charge in [0.15, 0.2) is 0 Å². The summed E-state index contributed by atoms with van der Waals surface area (Å²) in [5, 5.41) is 0.679. The molecule has 0 unspecified atom stereocenters. The molecule has 90 valence electrons. The fourth-order valence-corrected chi connectivity index (χ4v) is 2.09. The SMILES string of the molecule is COc1ccc(CN(C)CC(C)C)cc1Cl. The van der Waals surface area contributed by atoms with Gasteiger partial charge in [-0.1, -0.05) is 31.5 Å². The van der Waals surface area contributed by atoms with Gasteiger partial charge < -0.3 is 9.64 Å². The molecule has 0 saturated carbocycles. The zero-order valence-electron chi connectivity index (χ0n) is 10.5. The molecule has 1 aromatic carbocycles. The first-order valence-electron chi connectivity index (χ1n) is 5.54. The maximum Gasteiger partial charge on any atom is 0.137 e. The second kappa shape index (κ2) is 6.12.